The van der Waals surface area contributed by atoms with E-state index >= 15 is 0 Å². The molecule has 0 unspecified atom stereocenters. The van der Waals surface area contributed by atoms with Crippen molar-refractivity contribution in [3.8, 4) is 11.7 Å². The summed E-state index contributed by atoms with van der Waals surface area (Å²) in [5.41, 5.74) is 1.87. The highest BCUT2D eigenvalue weighted by atomic mass is 16.4. The van der Waals surface area contributed by atoms with Crippen LogP contribution in [0.15, 0.2) is 57.6 Å². The largest absolute Gasteiger partial charge is 0.459 e. The van der Waals surface area contributed by atoms with E-state index in [1.165, 1.54) is 5.56 Å². The summed E-state index contributed by atoms with van der Waals surface area (Å²) < 4.78 is 11.0. The van der Waals surface area contributed by atoms with Crippen molar-refractivity contribution in [1.29, 1.82) is 0 Å². The summed E-state index contributed by atoms with van der Waals surface area (Å²) in [6.45, 7) is 2.63. The number of benzene rings is 1. The van der Waals surface area contributed by atoms with Gasteiger partial charge in [0.15, 0.2) is 5.76 Å². The Morgan fingerprint density at radius 3 is 2.84 bits per heavy atom. The summed E-state index contributed by atoms with van der Waals surface area (Å²) >= 11 is 0. The summed E-state index contributed by atoms with van der Waals surface area (Å²) in [7, 11) is 0. The van der Waals surface area contributed by atoms with Crippen LogP contribution in [0.5, 0.6) is 0 Å². The quantitative estimate of drug-likeness (QED) is 0.718. The van der Waals surface area contributed by atoms with Crippen molar-refractivity contribution in [2.75, 3.05) is 6.54 Å². The van der Waals surface area contributed by atoms with Crippen LogP contribution in [0.2, 0.25) is 0 Å². The first-order valence-electron chi connectivity index (χ1n) is 8.57. The van der Waals surface area contributed by atoms with Crippen molar-refractivity contribution in [2.24, 2.45) is 0 Å². The van der Waals surface area contributed by atoms with Crippen LogP contribution in [0, 0.1) is 6.92 Å². The Morgan fingerprint density at radius 1 is 1.24 bits per heavy atom. The highest BCUT2D eigenvalue weighted by Gasteiger charge is 2.30. The summed E-state index contributed by atoms with van der Waals surface area (Å²) in [5, 5.41) is 0. The maximum Gasteiger partial charge on any atom is 0.263 e. The number of likely N-dealkylation sites (tertiary alicyclic amines) is 1. The van der Waals surface area contributed by atoms with Gasteiger partial charge in [-0.15, -0.1) is 0 Å². The third kappa shape index (κ3) is 3.09. The van der Waals surface area contributed by atoms with Crippen LogP contribution in [0.25, 0.3) is 11.7 Å². The van der Waals surface area contributed by atoms with Gasteiger partial charge in [0.2, 0.25) is 5.91 Å². The summed E-state index contributed by atoms with van der Waals surface area (Å²) in [4.78, 5) is 19.3. The summed E-state index contributed by atoms with van der Waals surface area (Å²) in [6.07, 6.45) is 3.86. The Bertz CT molecular complexity index is 852. The van der Waals surface area contributed by atoms with Crippen LogP contribution in [-0.2, 0) is 11.2 Å². The van der Waals surface area contributed by atoms with Crippen LogP contribution in [0.3, 0.4) is 0 Å². The molecule has 1 aliphatic rings. The van der Waals surface area contributed by atoms with Gasteiger partial charge in [0.25, 0.3) is 5.89 Å². The molecule has 1 aromatic carbocycles. The van der Waals surface area contributed by atoms with Crippen LogP contribution in [-0.4, -0.2) is 22.3 Å². The number of amides is 1. The SMILES string of the molecule is Cc1oc(-c2ccco2)nc1CC(=O)N1CCC[C@@H]1c1ccccc1. The van der Waals surface area contributed by atoms with Gasteiger partial charge in [-0.1, -0.05) is 30.3 Å². The Balaban J connectivity index is 1.52. The molecule has 1 atom stereocenters. The van der Waals surface area contributed by atoms with Gasteiger partial charge in [-0.2, -0.15) is 0 Å². The van der Waals surface area contributed by atoms with Crippen molar-refractivity contribution >= 4 is 5.91 Å². The molecule has 0 radical (unpaired) electrons. The molecule has 0 bridgehead atoms. The third-order valence-corrected chi connectivity index (χ3v) is 4.70. The van der Waals surface area contributed by atoms with Crippen molar-refractivity contribution in [3.05, 3.63) is 65.7 Å². The fraction of sp³-hybridized carbons (Fsp3) is 0.300. The lowest BCUT2D eigenvalue weighted by atomic mass is 10.0. The Kier molecular flexibility index (Phi) is 4.14. The van der Waals surface area contributed by atoms with E-state index in [1.54, 1.807) is 18.4 Å². The molecule has 0 saturated carbocycles. The standard InChI is InChI=1S/C20H20N2O3/c1-14-16(21-20(25-14)18-10-6-12-24-18)13-19(23)22-11-5-9-17(22)15-7-3-2-4-8-15/h2-4,6-8,10,12,17H,5,9,11,13H2,1H3/t17-/m1/s1. The first-order valence-corrected chi connectivity index (χ1v) is 8.57. The average Bonchev–Trinajstić information content (AvgIpc) is 3.37. The Labute approximate surface area is 146 Å². The number of rotatable bonds is 4. The van der Waals surface area contributed by atoms with Gasteiger partial charge in [0.1, 0.15) is 5.76 Å². The van der Waals surface area contributed by atoms with Crippen LogP contribution >= 0.6 is 0 Å². The lowest BCUT2D eigenvalue weighted by molar-refractivity contribution is -0.131. The molecule has 0 spiro atoms. The molecule has 5 heteroatoms. The second-order valence-corrected chi connectivity index (χ2v) is 6.33. The van der Waals surface area contributed by atoms with Gasteiger partial charge >= 0.3 is 0 Å². The van der Waals surface area contributed by atoms with Crippen molar-refractivity contribution < 1.29 is 13.6 Å². The third-order valence-electron chi connectivity index (χ3n) is 4.70. The number of carbonyl (C=O) groups excluding carboxylic acids is 1. The van der Waals surface area contributed by atoms with Gasteiger partial charge in [0, 0.05) is 6.54 Å². The van der Waals surface area contributed by atoms with E-state index in [0.29, 0.717) is 23.1 Å². The Morgan fingerprint density at radius 2 is 2.08 bits per heavy atom. The zero-order valence-corrected chi connectivity index (χ0v) is 14.1. The molecule has 4 rings (SSSR count). The van der Waals surface area contributed by atoms with E-state index in [4.69, 9.17) is 8.83 Å². The fourth-order valence-corrected chi connectivity index (χ4v) is 3.43. The topological polar surface area (TPSA) is 59.5 Å². The minimum atomic E-state index is 0.0914. The van der Waals surface area contributed by atoms with Gasteiger partial charge in [-0.25, -0.2) is 4.98 Å². The predicted octanol–water partition coefficient (Wildman–Crippen LogP) is 4.15. The van der Waals surface area contributed by atoms with Crippen LogP contribution < -0.4 is 0 Å². The normalized spacial score (nSPS) is 17.2. The lowest BCUT2D eigenvalue weighted by Crippen LogP contribution is -2.32. The molecule has 1 aliphatic heterocycles. The number of aryl methyl sites for hydroxylation is 1. The van der Waals surface area contributed by atoms with E-state index in [-0.39, 0.29) is 18.4 Å². The number of furan rings is 1. The molecule has 0 N–H and O–H groups in total. The molecule has 5 nitrogen and oxygen atoms in total. The lowest BCUT2D eigenvalue weighted by Gasteiger charge is -2.25. The van der Waals surface area contributed by atoms with Crippen molar-refractivity contribution in [3.63, 3.8) is 0 Å². The molecule has 0 aliphatic carbocycles. The fourth-order valence-electron chi connectivity index (χ4n) is 3.43. The zero-order valence-electron chi connectivity index (χ0n) is 14.1. The van der Waals surface area contributed by atoms with E-state index < -0.39 is 0 Å². The number of hydrogen-bond acceptors (Lipinski definition) is 4. The first kappa shape index (κ1) is 15.7. The second-order valence-electron chi connectivity index (χ2n) is 6.33. The zero-order chi connectivity index (χ0) is 17.2. The number of aromatic nitrogens is 1. The number of oxazole rings is 1. The van der Waals surface area contributed by atoms with E-state index in [1.807, 2.05) is 30.0 Å². The minimum absolute atomic E-state index is 0.0914. The van der Waals surface area contributed by atoms with Crippen molar-refractivity contribution in [1.82, 2.24) is 9.88 Å². The Hall–Kier alpha value is -2.82. The number of carbonyl (C=O) groups is 1. The molecule has 25 heavy (non-hydrogen) atoms. The first-order chi connectivity index (χ1) is 12.2. The maximum atomic E-state index is 12.9. The van der Waals surface area contributed by atoms with E-state index in [0.717, 1.165) is 19.4 Å². The molecule has 3 aromatic rings. The van der Waals surface area contributed by atoms with Crippen LogP contribution in [0.1, 0.15) is 35.9 Å². The molecule has 2 aromatic heterocycles. The van der Waals surface area contributed by atoms with Crippen LogP contribution in [0.4, 0.5) is 0 Å². The molecule has 128 valence electrons. The van der Waals surface area contributed by atoms with Gasteiger partial charge < -0.3 is 13.7 Å². The monoisotopic (exact) mass is 336 g/mol. The van der Waals surface area contributed by atoms with Gasteiger partial charge in [-0.05, 0) is 37.5 Å². The van der Waals surface area contributed by atoms with E-state index in [2.05, 4.69) is 17.1 Å². The predicted molar refractivity (Wildman–Crippen MR) is 92.8 cm³/mol. The minimum Gasteiger partial charge on any atom is -0.459 e. The molecule has 3 heterocycles. The molecular weight excluding hydrogens is 316 g/mol. The number of hydrogen-bond donors (Lipinski definition) is 0. The summed E-state index contributed by atoms with van der Waals surface area (Å²) in [5.74, 6) is 1.75. The summed E-state index contributed by atoms with van der Waals surface area (Å²) in [6, 6.07) is 14.0. The highest BCUT2D eigenvalue weighted by molar-refractivity contribution is 5.79. The molecule has 1 fully saturated rings. The van der Waals surface area contributed by atoms with Gasteiger partial charge in [-0.3, -0.25) is 4.79 Å². The average molecular weight is 336 g/mol. The smallest absolute Gasteiger partial charge is 0.263 e. The highest BCUT2D eigenvalue weighted by Crippen LogP contribution is 2.32. The van der Waals surface area contributed by atoms with E-state index in [9.17, 15) is 4.79 Å². The molecular formula is C20H20N2O3. The second kappa shape index (κ2) is 6.59. The molecule has 1 saturated heterocycles. The number of nitrogens with zero attached hydrogens (tertiary/aromatic N) is 2. The molecule has 1 amide bonds. The van der Waals surface area contributed by atoms with Gasteiger partial charge in [0.05, 0.1) is 24.4 Å². The maximum absolute atomic E-state index is 12.9. The van der Waals surface area contributed by atoms with Crippen molar-refractivity contribution in [2.45, 2.75) is 32.2 Å².